The first-order valence-corrected chi connectivity index (χ1v) is 6.79. The summed E-state index contributed by atoms with van der Waals surface area (Å²) in [7, 11) is 0. The number of nitrogens with zero attached hydrogens (tertiary/aromatic N) is 2. The average Bonchev–Trinajstić information content (AvgIpc) is 2.42. The largest absolute Gasteiger partial charge is 0.310 e. The van der Waals surface area contributed by atoms with E-state index in [1.165, 1.54) is 11.1 Å². The Morgan fingerprint density at radius 3 is 2.84 bits per heavy atom. The molecule has 0 amide bonds. The molecule has 3 nitrogen and oxygen atoms in total. The molecule has 1 aromatic heterocycles. The molecule has 1 atom stereocenters. The van der Waals surface area contributed by atoms with Crippen molar-refractivity contribution in [2.24, 2.45) is 0 Å². The maximum Gasteiger partial charge on any atom is 0.0934 e. The SMILES string of the molecule is C=C(C)CC(NCCC)c1cccc2nccnc12. The van der Waals surface area contributed by atoms with Gasteiger partial charge in [-0.3, -0.25) is 9.97 Å². The fourth-order valence-corrected chi connectivity index (χ4v) is 2.26. The van der Waals surface area contributed by atoms with Gasteiger partial charge in [-0.05, 0) is 37.9 Å². The highest BCUT2D eigenvalue weighted by Crippen LogP contribution is 2.25. The summed E-state index contributed by atoms with van der Waals surface area (Å²) in [4.78, 5) is 8.86. The van der Waals surface area contributed by atoms with Crippen LogP contribution in [0.4, 0.5) is 0 Å². The molecule has 0 saturated heterocycles. The van der Waals surface area contributed by atoms with E-state index in [1.54, 1.807) is 12.4 Å². The highest BCUT2D eigenvalue weighted by Gasteiger charge is 2.14. The Bertz CT molecular complexity index is 557. The molecule has 1 N–H and O–H groups in total. The Morgan fingerprint density at radius 1 is 1.32 bits per heavy atom. The minimum atomic E-state index is 0.262. The molecule has 0 bridgehead atoms. The third-order valence-electron chi connectivity index (χ3n) is 3.10. The van der Waals surface area contributed by atoms with Crippen molar-refractivity contribution in [2.75, 3.05) is 6.54 Å². The molecule has 3 heteroatoms. The van der Waals surface area contributed by atoms with Crippen molar-refractivity contribution >= 4 is 11.0 Å². The molecule has 0 saturated carbocycles. The normalized spacial score (nSPS) is 12.5. The number of fused-ring (bicyclic) bond motifs is 1. The molecule has 0 aliphatic carbocycles. The number of para-hydroxylation sites is 1. The molecule has 0 aliphatic heterocycles. The number of hydrogen-bond acceptors (Lipinski definition) is 3. The van der Waals surface area contributed by atoms with Crippen LogP contribution in [0.25, 0.3) is 11.0 Å². The fourth-order valence-electron chi connectivity index (χ4n) is 2.26. The van der Waals surface area contributed by atoms with E-state index in [1.807, 2.05) is 12.1 Å². The van der Waals surface area contributed by atoms with Crippen LogP contribution in [-0.2, 0) is 0 Å². The quantitative estimate of drug-likeness (QED) is 0.801. The summed E-state index contributed by atoms with van der Waals surface area (Å²) in [6, 6.07) is 6.44. The summed E-state index contributed by atoms with van der Waals surface area (Å²) >= 11 is 0. The van der Waals surface area contributed by atoms with Gasteiger partial charge in [-0.2, -0.15) is 0 Å². The summed E-state index contributed by atoms with van der Waals surface area (Å²) in [6.45, 7) is 9.27. The second-order valence-electron chi connectivity index (χ2n) is 4.94. The molecule has 2 aromatic rings. The summed E-state index contributed by atoms with van der Waals surface area (Å²) < 4.78 is 0. The Balaban J connectivity index is 2.39. The topological polar surface area (TPSA) is 37.8 Å². The van der Waals surface area contributed by atoms with Crippen molar-refractivity contribution in [1.29, 1.82) is 0 Å². The molecule has 100 valence electrons. The summed E-state index contributed by atoms with van der Waals surface area (Å²) in [6.07, 6.45) is 5.53. The lowest BCUT2D eigenvalue weighted by molar-refractivity contribution is 0.530. The smallest absolute Gasteiger partial charge is 0.0934 e. The first-order chi connectivity index (χ1) is 9.22. The van der Waals surface area contributed by atoms with Crippen molar-refractivity contribution < 1.29 is 0 Å². The first-order valence-electron chi connectivity index (χ1n) is 6.79. The zero-order valence-corrected chi connectivity index (χ0v) is 11.7. The predicted molar refractivity (Wildman–Crippen MR) is 80.0 cm³/mol. The number of benzene rings is 1. The molecule has 0 fully saturated rings. The zero-order chi connectivity index (χ0) is 13.7. The van der Waals surface area contributed by atoms with Crippen LogP contribution >= 0.6 is 0 Å². The van der Waals surface area contributed by atoms with Gasteiger partial charge >= 0.3 is 0 Å². The van der Waals surface area contributed by atoms with Gasteiger partial charge in [0.15, 0.2) is 0 Å². The molecule has 2 rings (SSSR count). The molecule has 0 radical (unpaired) electrons. The van der Waals surface area contributed by atoms with Crippen LogP contribution in [0, 0.1) is 0 Å². The third-order valence-corrected chi connectivity index (χ3v) is 3.10. The van der Waals surface area contributed by atoms with Crippen LogP contribution in [0.3, 0.4) is 0 Å². The molecular formula is C16H21N3. The van der Waals surface area contributed by atoms with E-state index in [-0.39, 0.29) is 6.04 Å². The van der Waals surface area contributed by atoms with Gasteiger partial charge in [0, 0.05) is 18.4 Å². The Hall–Kier alpha value is -1.74. The van der Waals surface area contributed by atoms with Crippen LogP contribution < -0.4 is 5.32 Å². The van der Waals surface area contributed by atoms with Gasteiger partial charge in [-0.25, -0.2) is 0 Å². The molecule has 1 heterocycles. The van der Waals surface area contributed by atoms with Crippen LogP contribution in [0.15, 0.2) is 42.7 Å². The minimum absolute atomic E-state index is 0.262. The number of nitrogens with one attached hydrogen (secondary N) is 1. The van der Waals surface area contributed by atoms with E-state index in [2.05, 4.69) is 41.8 Å². The van der Waals surface area contributed by atoms with Crippen molar-refractivity contribution in [3.8, 4) is 0 Å². The molecule has 0 aliphatic rings. The molecule has 19 heavy (non-hydrogen) atoms. The monoisotopic (exact) mass is 255 g/mol. The fraction of sp³-hybridized carbons (Fsp3) is 0.375. The van der Waals surface area contributed by atoms with E-state index >= 15 is 0 Å². The van der Waals surface area contributed by atoms with E-state index in [9.17, 15) is 0 Å². The van der Waals surface area contributed by atoms with Crippen molar-refractivity contribution in [3.05, 3.63) is 48.3 Å². The summed E-state index contributed by atoms with van der Waals surface area (Å²) in [5.41, 5.74) is 4.32. The van der Waals surface area contributed by atoms with Crippen LogP contribution in [0.1, 0.15) is 38.3 Å². The van der Waals surface area contributed by atoms with Gasteiger partial charge in [-0.1, -0.05) is 24.6 Å². The minimum Gasteiger partial charge on any atom is -0.310 e. The van der Waals surface area contributed by atoms with E-state index in [0.29, 0.717) is 0 Å². The predicted octanol–water partition coefficient (Wildman–Crippen LogP) is 3.64. The van der Waals surface area contributed by atoms with E-state index in [0.717, 1.165) is 30.4 Å². The lowest BCUT2D eigenvalue weighted by Gasteiger charge is -2.20. The zero-order valence-electron chi connectivity index (χ0n) is 11.7. The van der Waals surface area contributed by atoms with Gasteiger partial charge in [0.1, 0.15) is 0 Å². The molecule has 0 spiro atoms. The standard InChI is InChI=1S/C16H21N3/c1-4-8-17-15(11-12(2)3)13-6-5-7-14-16(13)19-10-9-18-14/h5-7,9-10,15,17H,2,4,8,11H2,1,3H3. The highest BCUT2D eigenvalue weighted by atomic mass is 14.9. The van der Waals surface area contributed by atoms with E-state index in [4.69, 9.17) is 0 Å². The van der Waals surface area contributed by atoms with Crippen LogP contribution in [-0.4, -0.2) is 16.5 Å². The highest BCUT2D eigenvalue weighted by molar-refractivity contribution is 5.78. The maximum atomic E-state index is 4.49. The van der Waals surface area contributed by atoms with E-state index < -0.39 is 0 Å². The van der Waals surface area contributed by atoms with Crippen molar-refractivity contribution in [2.45, 2.75) is 32.7 Å². The van der Waals surface area contributed by atoms with Crippen molar-refractivity contribution in [1.82, 2.24) is 15.3 Å². The van der Waals surface area contributed by atoms with Crippen LogP contribution in [0.2, 0.25) is 0 Å². The first kappa shape index (κ1) is 13.7. The summed E-state index contributed by atoms with van der Waals surface area (Å²) in [5.74, 6) is 0. The van der Waals surface area contributed by atoms with Crippen LogP contribution in [0.5, 0.6) is 0 Å². The van der Waals surface area contributed by atoms with Gasteiger partial charge < -0.3 is 5.32 Å². The number of rotatable bonds is 6. The number of aromatic nitrogens is 2. The van der Waals surface area contributed by atoms with Gasteiger partial charge in [0.2, 0.25) is 0 Å². The van der Waals surface area contributed by atoms with Gasteiger partial charge in [0.05, 0.1) is 11.0 Å². The second kappa shape index (κ2) is 6.43. The Morgan fingerprint density at radius 2 is 2.11 bits per heavy atom. The van der Waals surface area contributed by atoms with Gasteiger partial charge in [0.25, 0.3) is 0 Å². The maximum absolute atomic E-state index is 4.49. The third kappa shape index (κ3) is 3.38. The van der Waals surface area contributed by atoms with Crippen molar-refractivity contribution in [3.63, 3.8) is 0 Å². The lowest BCUT2D eigenvalue weighted by atomic mass is 9.98. The molecule has 1 aromatic carbocycles. The Kier molecular flexibility index (Phi) is 4.63. The number of hydrogen-bond donors (Lipinski definition) is 1. The Labute approximate surface area is 114 Å². The molecule has 1 unspecified atom stereocenters. The summed E-state index contributed by atoms with van der Waals surface area (Å²) in [5, 5.41) is 3.58. The second-order valence-corrected chi connectivity index (χ2v) is 4.94. The lowest BCUT2D eigenvalue weighted by Crippen LogP contribution is -2.22. The molecular weight excluding hydrogens is 234 g/mol. The average molecular weight is 255 g/mol. The van der Waals surface area contributed by atoms with Gasteiger partial charge in [-0.15, -0.1) is 6.58 Å².